The second-order valence-electron chi connectivity index (χ2n) is 11.5. The molecule has 2 aromatic rings. The van der Waals surface area contributed by atoms with Crippen LogP contribution in [0.2, 0.25) is 0 Å². The number of nitrogens with zero attached hydrogens (tertiary/aromatic N) is 1. The zero-order valence-electron chi connectivity index (χ0n) is 26.4. The van der Waals surface area contributed by atoms with Gasteiger partial charge in [0.15, 0.2) is 0 Å². The summed E-state index contributed by atoms with van der Waals surface area (Å²) < 4.78 is 10.6. The summed E-state index contributed by atoms with van der Waals surface area (Å²) in [5.41, 5.74) is 6.86. The van der Waals surface area contributed by atoms with Crippen molar-refractivity contribution in [2.45, 2.75) is 97.2 Å². The Hall–Kier alpha value is -4.08. The Morgan fingerprint density at radius 3 is 2.12 bits per heavy atom. The minimum absolute atomic E-state index is 0.0412. The van der Waals surface area contributed by atoms with Gasteiger partial charge in [-0.3, -0.25) is 14.4 Å². The van der Waals surface area contributed by atoms with Crippen molar-refractivity contribution < 1.29 is 28.7 Å². The van der Waals surface area contributed by atoms with E-state index in [1.807, 2.05) is 31.2 Å². The molecule has 0 heterocycles. The van der Waals surface area contributed by atoms with E-state index in [-0.39, 0.29) is 19.4 Å². The first kappa shape index (κ1) is 35.1. The van der Waals surface area contributed by atoms with E-state index in [1.165, 1.54) is 4.90 Å². The molecule has 43 heavy (non-hydrogen) atoms. The molecule has 0 aliphatic rings. The lowest BCUT2D eigenvalue weighted by atomic mass is 9.99. The molecule has 236 valence electrons. The van der Waals surface area contributed by atoms with Crippen LogP contribution in [-0.2, 0) is 25.5 Å². The molecule has 0 aliphatic heterocycles. The summed E-state index contributed by atoms with van der Waals surface area (Å²) in [6.07, 6.45) is 3.31. The summed E-state index contributed by atoms with van der Waals surface area (Å²) in [6.45, 7) is 9.54. The number of primary amides is 1. The van der Waals surface area contributed by atoms with Gasteiger partial charge in [-0.15, -0.1) is 0 Å². The molecule has 0 saturated carbocycles. The van der Waals surface area contributed by atoms with Crippen LogP contribution in [0.3, 0.4) is 0 Å². The van der Waals surface area contributed by atoms with Crippen LogP contribution >= 0.6 is 0 Å². The number of nitrogens with one attached hydrogen (secondary N) is 2. The van der Waals surface area contributed by atoms with Crippen LogP contribution in [0, 0.1) is 0 Å². The smallest absolute Gasteiger partial charge is 0.408 e. The van der Waals surface area contributed by atoms with E-state index in [4.69, 9.17) is 15.2 Å². The van der Waals surface area contributed by atoms with Gasteiger partial charge in [-0.25, -0.2) is 4.79 Å². The SMILES string of the molecule is CCCCCCN(C(=O)C(CCC(N)=O)NC(=O)OC(C)(C)C)C(C(=O)Nc1ccc(OC)cc1)c1ccc(CC)cc1. The van der Waals surface area contributed by atoms with E-state index in [2.05, 4.69) is 17.6 Å². The third-order valence-corrected chi connectivity index (χ3v) is 6.83. The zero-order valence-corrected chi connectivity index (χ0v) is 26.4. The van der Waals surface area contributed by atoms with Gasteiger partial charge in [-0.05, 0) is 75.4 Å². The largest absolute Gasteiger partial charge is 0.497 e. The molecule has 10 nitrogen and oxygen atoms in total. The Morgan fingerprint density at radius 2 is 1.58 bits per heavy atom. The van der Waals surface area contributed by atoms with E-state index < -0.39 is 41.5 Å². The number of rotatable bonds is 16. The number of alkyl carbamates (subject to hydrolysis) is 1. The minimum Gasteiger partial charge on any atom is -0.497 e. The van der Waals surface area contributed by atoms with Crippen molar-refractivity contribution in [3.8, 4) is 5.75 Å². The highest BCUT2D eigenvalue weighted by Gasteiger charge is 2.36. The number of carbonyl (C=O) groups is 4. The Bertz CT molecular complexity index is 1190. The van der Waals surface area contributed by atoms with Crippen molar-refractivity contribution in [3.63, 3.8) is 0 Å². The van der Waals surface area contributed by atoms with Gasteiger partial charge in [0.1, 0.15) is 23.4 Å². The van der Waals surface area contributed by atoms with Crippen molar-refractivity contribution >= 4 is 29.5 Å². The van der Waals surface area contributed by atoms with E-state index in [0.29, 0.717) is 23.4 Å². The molecule has 0 bridgehead atoms. The van der Waals surface area contributed by atoms with E-state index >= 15 is 0 Å². The van der Waals surface area contributed by atoms with Crippen molar-refractivity contribution in [3.05, 3.63) is 59.7 Å². The average molecular weight is 597 g/mol. The molecule has 4 amide bonds. The normalized spacial score (nSPS) is 12.5. The Labute approximate surface area is 255 Å². The van der Waals surface area contributed by atoms with Gasteiger partial charge < -0.3 is 30.7 Å². The molecule has 0 aromatic heterocycles. The maximum absolute atomic E-state index is 14.3. The lowest BCUT2D eigenvalue weighted by Gasteiger charge is -2.34. The quantitative estimate of drug-likeness (QED) is 0.219. The fourth-order valence-corrected chi connectivity index (χ4v) is 4.56. The second kappa shape index (κ2) is 17.1. The summed E-state index contributed by atoms with van der Waals surface area (Å²) in [4.78, 5) is 54.3. The minimum atomic E-state index is -1.14. The number of anilines is 1. The number of ether oxygens (including phenoxy) is 2. The van der Waals surface area contributed by atoms with Gasteiger partial charge >= 0.3 is 6.09 Å². The van der Waals surface area contributed by atoms with Gasteiger partial charge in [0.2, 0.25) is 11.8 Å². The maximum atomic E-state index is 14.3. The molecule has 0 radical (unpaired) electrons. The predicted octanol–water partition coefficient (Wildman–Crippen LogP) is 5.51. The first-order valence-electron chi connectivity index (χ1n) is 15.0. The number of nitrogens with two attached hydrogens (primary N) is 1. The van der Waals surface area contributed by atoms with Gasteiger partial charge in [0.25, 0.3) is 5.91 Å². The molecule has 0 spiro atoms. The highest BCUT2D eigenvalue weighted by atomic mass is 16.6. The summed E-state index contributed by atoms with van der Waals surface area (Å²) in [5, 5.41) is 5.57. The van der Waals surface area contributed by atoms with Crippen molar-refractivity contribution in [1.82, 2.24) is 10.2 Å². The zero-order chi connectivity index (χ0) is 32.0. The summed E-state index contributed by atoms with van der Waals surface area (Å²) in [7, 11) is 1.56. The van der Waals surface area contributed by atoms with E-state index in [0.717, 1.165) is 31.2 Å². The number of benzene rings is 2. The molecule has 0 saturated heterocycles. The Morgan fingerprint density at radius 1 is 0.930 bits per heavy atom. The summed E-state index contributed by atoms with van der Waals surface area (Å²) >= 11 is 0. The lowest BCUT2D eigenvalue weighted by molar-refractivity contribution is -0.141. The van der Waals surface area contributed by atoms with Crippen LogP contribution < -0.4 is 21.1 Å². The molecule has 2 atom stereocenters. The topological polar surface area (TPSA) is 140 Å². The van der Waals surface area contributed by atoms with Crippen molar-refractivity contribution in [2.24, 2.45) is 5.73 Å². The number of aryl methyl sites for hydroxylation is 1. The molecule has 0 fully saturated rings. The number of carbonyl (C=O) groups excluding carboxylic acids is 4. The lowest BCUT2D eigenvalue weighted by Crippen LogP contribution is -2.52. The van der Waals surface area contributed by atoms with Crippen LogP contribution in [0.25, 0.3) is 0 Å². The van der Waals surface area contributed by atoms with Gasteiger partial charge in [0, 0.05) is 18.7 Å². The Balaban J connectivity index is 2.55. The number of unbranched alkanes of at least 4 members (excludes halogenated alkanes) is 3. The van der Waals surface area contributed by atoms with Gasteiger partial charge in [-0.2, -0.15) is 0 Å². The molecular formula is C33H48N4O6. The number of hydrogen-bond acceptors (Lipinski definition) is 6. The van der Waals surface area contributed by atoms with Crippen LogP contribution in [0.15, 0.2) is 48.5 Å². The van der Waals surface area contributed by atoms with Crippen LogP contribution in [0.4, 0.5) is 10.5 Å². The fourth-order valence-electron chi connectivity index (χ4n) is 4.56. The molecule has 2 unspecified atom stereocenters. The highest BCUT2D eigenvalue weighted by molar-refractivity contribution is 5.99. The molecule has 2 rings (SSSR count). The van der Waals surface area contributed by atoms with Crippen LogP contribution in [0.5, 0.6) is 5.75 Å². The van der Waals surface area contributed by atoms with Crippen LogP contribution in [-0.4, -0.2) is 54.0 Å². The summed E-state index contributed by atoms with van der Waals surface area (Å²) in [5.74, 6) is -0.882. The number of methoxy groups -OCH3 is 1. The molecule has 10 heteroatoms. The average Bonchev–Trinajstić information content (AvgIpc) is 2.96. The number of hydrogen-bond donors (Lipinski definition) is 3. The highest BCUT2D eigenvalue weighted by Crippen LogP contribution is 2.27. The predicted molar refractivity (Wildman–Crippen MR) is 168 cm³/mol. The molecule has 0 aliphatic carbocycles. The van der Waals surface area contributed by atoms with Crippen molar-refractivity contribution in [2.75, 3.05) is 19.0 Å². The first-order valence-corrected chi connectivity index (χ1v) is 15.0. The Kier molecular flexibility index (Phi) is 14.0. The molecule has 4 N–H and O–H groups in total. The number of amides is 4. The standard InChI is InChI=1S/C33H48N4O6/c1-7-9-10-11-22-37(31(40)27(20-21-28(34)38)36-32(41)43-33(3,4)5)29(24-14-12-23(8-2)13-15-24)30(39)35-25-16-18-26(42-6)19-17-25/h12-19,27,29H,7-11,20-22H2,1-6H3,(H2,34,38)(H,35,39)(H,36,41). The van der Waals surface area contributed by atoms with E-state index in [9.17, 15) is 19.2 Å². The molecular weight excluding hydrogens is 548 g/mol. The fraction of sp³-hybridized carbons (Fsp3) is 0.515. The van der Waals surface area contributed by atoms with Gasteiger partial charge in [0.05, 0.1) is 7.11 Å². The third kappa shape index (κ3) is 12.0. The summed E-state index contributed by atoms with van der Waals surface area (Å²) in [6, 6.07) is 12.3. The van der Waals surface area contributed by atoms with Crippen molar-refractivity contribution in [1.29, 1.82) is 0 Å². The maximum Gasteiger partial charge on any atom is 0.408 e. The molecule has 2 aromatic carbocycles. The monoisotopic (exact) mass is 596 g/mol. The second-order valence-corrected chi connectivity index (χ2v) is 11.5. The van der Waals surface area contributed by atoms with Crippen LogP contribution in [0.1, 0.15) is 90.3 Å². The third-order valence-electron chi connectivity index (χ3n) is 6.83. The van der Waals surface area contributed by atoms with Gasteiger partial charge in [-0.1, -0.05) is 57.4 Å². The first-order chi connectivity index (χ1) is 20.4. The van der Waals surface area contributed by atoms with E-state index in [1.54, 1.807) is 52.1 Å².